The highest BCUT2D eigenvalue weighted by Gasteiger charge is 2.32. The van der Waals surface area contributed by atoms with Gasteiger partial charge in [0.05, 0.1) is 25.9 Å². The Hall–Kier alpha value is -1.10. The Morgan fingerprint density at radius 1 is 1.19 bits per heavy atom. The van der Waals surface area contributed by atoms with E-state index in [1.807, 2.05) is 24.3 Å². The number of rotatable bonds is 6. The topological polar surface area (TPSA) is 36.9 Å². The van der Waals surface area contributed by atoms with Crippen molar-refractivity contribution < 1.29 is 18.9 Å². The normalized spacial score (nSPS) is 27.3. The van der Waals surface area contributed by atoms with E-state index in [4.69, 9.17) is 18.9 Å². The highest BCUT2D eigenvalue weighted by Crippen LogP contribution is 2.28. The van der Waals surface area contributed by atoms with Crippen LogP contribution in [0, 0.1) is 5.92 Å². The lowest BCUT2D eigenvalue weighted by atomic mass is 9.92. The SMILES string of the molecule is COc1ccc(CO[C@@H](C)[C@H]2O[C@H](OC)CC[C@@H]2C)cc1. The molecule has 2 rings (SSSR count). The van der Waals surface area contributed by atoms with Crippen molar-refractivity contribution in [3.8, 4) is 5.75 Å². The Morgan fingerprint density at radius 3 is 2.52 bits per heavy atom. The fourth-order valence-corrected chi connectivity index (χ4v) is 2.73. The lowest BCUT2D eigenvalue weighted by Crippen LogP contribution is -2.42. The van der Waals surface area contributed by atoms with Gasteiger partial charge in [0.2, 0.25) is 0 Å². The van der Waals surface area contributed by atoms with E-state index in [-0.39, 0.29) is 18.5 Å². The van der Waals surface area contributed by atoms with Gasteiger partial charge in [-0.05, 0) is 43.4 Å². The molecule has 0 aromatic heterocycles. The van der Waals surface area contributed by atoms with Crippen molar-refractivity contribution in [2.45, 2.75) is 51.8 Å². The number of hydrogen-bond acceptors (Lipinski definition) is 4. The van der Waals surface area contributed by atoms with Crippen LogP contribution < -0.4 is 4.74 Å². The summed E-state index contributed by atoms with van der Waals surface area (Å²) in [7, 11) is 3.36. The van der Waals surface area contributed by atoms with Crippen molar-refractivity contribution in [2.24, 2.45) is 5.92 Å². The first-order valence-electron chi connectivity index (χ1n) is 7.56. The Bertz CT molecular complexity index is 417. The van der Waals surface area contributed by atoms with Crippen LogP contribution >= 0.6 is 0 Å². The summed E-state index contributed by atoms with van der Waals surface area (Å²) in [5.74, 6) is 1.35. The molecule has 1 aromatic rings. The quantitative estimate of drug-likeness (QED) is 0.806. The van der Waals surface area contributed by atoms with Crippen molar-refractivity contribution in [3.63, 3.8) is 0 Å². The van der Waals surface area contributed by atoms with E-state index < -0.39 is 0 Å². The van der Waals surface area contributed by atoms with Gasteiger partial charge in [0.15, 0.2) is 6.29 Å². The molecule has 1 aliphatic rings. The van der Waals surface area contributed by atoms with Gasteiger partial charge >= 0.3 is 0 Å². The van der Waals surface area contributed by atoms with E-state index >= 15 is 0 Å². The summed E-state index contributed by atoms with van der Waals surface area (Å²) in [5, 5.41) is 0. The highest BCUT2D eigenvalue weighted by molar-refractivity contribution is 5.26. The molecule has 1 aliphatic heterocycles. The van der Waals surface area contributed by atoms with Crippen LogP contribution in [0.25, 0.3) is 0 Å². The van der Waals surface area contributed by atoms with Crippen LogP contribution in [0.1, 0.15) is 32.3 Å². The van der Waals surface area contributed by atoms with Gasteiger partial charge in [0.1, 0.15) is 5.75 Å². The minimum atomic E-state index is -0.0989. The molecule has 1 aromatic carbocycles. The summed E-state index contributed by atoms with van der Waals surface area (Å²) in [6.45, 7) is 4.86. The average molecular weight is 294 g/mol. The van der Waals surface area contributed by atoms with Gasteiger partial charge < -0.3 is 18.9 Å². The van der Waals surface area contributed by atoms with Crippen LogP contribution in [0.4, 0.5) is 0 Å². The van der Waals surface area contributed by atoms with E-state index in [1.54, 1.807) is 14.2 Å². The largest absolute Gasteiger partial charge is 0.497 e. The fraction of sp³-hybridized carbons (Fsp3) is 0.647. The molecule has 118 valence electrons. The summed E-state index contributed by atoms with van der Waals surface area (Å²) >= 11 is 0. The second kappa shape index (κ2) is 7.78. The molecule has 1 fully saturated rings. The molecule has 21 heavy (non-hydrogen) atoms. The van der Waals surface area contributed by atoms with Gasteiger partial charge in [0, 0.05) is 7.11 Å². The van der Waals surface area contributed by atoms with Gasteiger partial charge in [0.25, 0.3) is 0 Å². The minimum Gasteiger partial charge on any atom is -0.497 e. The van der Waals surface area contributed by atoms with Crippen LogP contribution in [0.3, 0.4) is 0 Å². The molecule has 0 unspecified atom stereocenters. The van der Waals surface area contributed by atoms with Crippen LogP contribution in [0.2, 0.25) is 0 Å². The predicted molar refractivity (Wildman–Crippen MR) is 81.3 cm³/mol. The van der Waals surface area contributed by atoms with Crippen LogP contribution in [-0.4, -0.2) is 32.7 Å². The molecule has 1 saturated heterocycles. The maximum atomic E-state index is 5.98. The molecule has 0 saturated carbocycles. The van der Waals surface area contributed by atoms with Gasteiger partial charge in [-0.1, -0.05) is 19.1 Å². The molecule has 0 radical (unpaired) electrons. The van der Waals surface area contributed by atoms with Gasteiger partial charge in [-0.25, -0.2) is 0 Å². The summed E-state index contributed by atoms with van der Waals surface area (Å²) in [6, 6.07) is 7.94. The molecule has 4 atom stereocenters. The van der Waals surface area contributed by atoms with Gasteiger partial charge in [-0.3, -0.25) is 0 Å². The first-order valence-corrected chi connectivity index (χ1v) is 7.56. The molecule has 4 heteroatoms. The first kappa shape index (κ1) is 16.3. The second-order valence-corrected chi connectivity index (χ2v) is 5.68. The zero-order chi connectivity index (χ0) is 15.2. The molecule has 1 heterocycles. The average Bonchev–Trinajstić information content (AvgIpc) is 2.53. The lowest BCUT2D eigenvalue weighted by Gasteiger charge is -2.37. The second-order valence-electron chi connectivity index (χ2n) is 5.68. The van der Waals surface area contributed by atoms with Crippen molar-refractivity contribution in [2.75, 3.05) is 14.2 Å². The molecular weight excluding hydrogens is 268 g/mol. The summed E-state index contributed by atoms with van der Waals surface area (Å²) < 4.78 is 22.4. The van der Waals surface area contributed by atoms with Crippen molar-refractivity contribution in [1.82, 2.24) is 0 Å². The van der Waals surface area contributed by atoms with E-state index in [0.717, 1.165) is 24.2 Å². The van der Waals surface area contributed by atoms with E-state index in [1.165, 1.54) is 0 Å². The maximum Gasteiger partial charge on any atom is 0.157 e. The third kappa shape index (κ3) is 4.43. The zero-order valence-corrected chi connectivity index (χ0v) is 13.4. The minimum absolute atomic E-state index is 0.0417. The standard InChI is InChI=1S/C17H26O4/c1-12-5-10-16(19-4)21-17(12)13(2)20-11-14-6-8-15(18-3)9-7-14/h6-9,12-13,16-17H,5,10-11H2,1-4H3/t12-,13-,16-,17-/m0/s1. The van der Waals surface area contributed by atoms with Gasteiger partial charge in [-0.15, -0.1) is 0 Å². The molecule has 0 spiro atoms. The Morgan fingerprint density at radius 2 is 1.90 bits per heavy atom. The molecule has 0 aliphatic carbocycles. The number of ether oxygens (including phenoxy) is 4. The first-order chi connectivity index (χ1) is 10.1. The van der Waals surface area contributed by atoms with Crippen molar-refractivity contribution in [1.29, 1.82) is 0 Å². The third-order valence-electron chi connectivity index (χ3n) is 4.12. The summed E-state index contributed by atoms with van der Waals surface area (Å²) in [5.41, 5.74) is 1.13. The smallest absolute Gasteiger partial charge is 0.157 e. The lowest BCUT2D eigenvalue weighted by molar-refractivity contribution is -0.224. The molecule has 4 nitrogen and oxygen atoms in total. The monoisotopic (exact) mass is 294 g/mol. The highest BCUT2D eigenvalue weighted by atomic mass is 16.7. The fourth-order valence-electron chi connectivity index (χ4n) is 2.73. The van der Waals surface area contributed by atoms with Gasteiger partial charge in [-0.2, -0.15) is 0 Å². The zero-order valence-electron chi connectivity index (χ0n) is 13.4. The predicted octanol–water partition coefficient (Wildman–Crippen LogP) is 3.39. The van der Waals surface area contributed by atoms with E-state index in [9.17, 15) is 0 Å². The number of benzene rings is 1. The molecule has 0 amide bonds. The Kier molecular flexibility index (Phi) is 6.03. The maximum absolute atomic E-state index is 5.98. The molecule has 0 bridgehead atoms. The van der Waals surface area contributed by atoms with Crippen molar-refractivity contribution in [3.05, 3.63) is 29.8 Å². The van der Waals surface area contributed by atoms with Crippen LogP contribution in [0.15, 0.2) is 24.3 Å². The van der Waals surface area contributed by atoms with E-state index in [0.29, 0.717) is 12.5 Å². The van der Waals surface area contributed by atoms with E-state index in [2.05, 4.69) is 13.8 Å². The number of methoxy groups -OCH3 is 2. The third-order valence-corrected chi connectivity index (χ3v) is 4.12. The van der Waals surface area contributed by atoms with Crippen LogP contribution in [-0.2, 0) is 20.8 Å². The Balaban J connectivity index is 1.86. The Labute approximate surface area is 127 Å². The van der Waals surface area contributed by atoms with Crippen LogP contribution in [0.5, 0.6) is 5.75 Å². The number of hydrogen-bond donors (Lipinski definition) is 0. The molecule has 0 N–H and O–H groups in total. The van der Waals surface area contributed by atoms with Crippen molar-refractivity contribution >= 4 is 0 Å². The molecular formula is C17H26O4. The summed E-state index contributed by atoms with van der Waals surface area (Å²) in [6.07, 6.45) is 2.10. The summed E-state index contributed by atoms with van der Waals surface area (Å²) in [4.78, 5) is 0.